The van der Waals surface area contributed by atoms with Gasteiger partial charge in [0, 0.05) is 12.2 Å². The second-order valence-electron chi connectivity index (χ2n) is 5.34. The number of carbonyl (C=O) groups excluding carboxylic acids is 1. The zero-order chi connectivity index (χ0) is 15.5. The van der Waals surface area contributed by atoms with E-state index in [9.17, 15) is 4.79 Å². The summed E-state index contributed by atoms with van der Waals surface area (Å²) in [4.78, 5) is 14.3. The van der Waals surface area contributed by atoms with Gasteiger partial charge in [-0.25, -0.2) is 4.79 Å². The van der Waals surface area contributed by atoms with E-state index < -0.39 is 0 Å². The normalized spacial score (nSPS) is 16.6. The first-order chi connectivity index (χ1) is 10.7. The van der Waals surface area contributed by atoms with Crippen LogP contribution in [0.5, 0.6) is 5.75 Å². The fraction of sp³-hybridized carbons (Fsp3) is 0.235. The van der Waals surface area contributed by atoms with Gasteiger partial charge in [-0.3, -0.25) is 4.90 Å². The number of para-hydroxylation sites is 1. The zero-order valence-electron chi connectivity index (χ0n) is 12.5. The van der Waals surface area contributed by atoms with E-state index in [1.165, 1.54) is 0 Å². The minimum atomic E-state index is -0.164. The van der Waals surface area contributed by atoms with Gasteiger partial charge in [-0.1, -0.05) is 24.3 Å². The molecule has 0 aliphatic carbocycles. The Balaban J connectivity index is 1.87. The number of ether oxygens (including phenoxy) is 1. The highest BCUT2D eigenvalue weighted by molar-refractivity contribution is 6.03. The summed E-state index contributed by atoms with van der Waals surface area (Å²) in [5, 5.41) is 2.91. The molecule has 1 unspecified atom stereocenters. The van der Waals surface area contributed by atoms with Crippen LogP contribution < -0.4 is 20.7 Å². The maximum atomic E-state index is 12.6. The van der Waals surface area contributed by atoms with Gasteiger partial charge in [0.2, 0.25) is 0 Å². The molecule has 3 rings (SSSR count). The first kappa shape index (κ1) is 14.4. The van der Waals surface area contributed by atoms with Crippen molar-refractivity contribution in [1.82, 2.24) is 0 Å². The summed E-state index contributed by atoms with van der Waals surface area (Å²) in [6, 6.07) is 14.9. The number of nitrogens with two attached hydrogens (primary N) is 1. The molecule has 1 heterocycles. The van der Waals surface area contributed by atoms with Crippen LogP contribution in [0.2, 0.25) is 0 Å². The molecule has 0 fully saturated rings. The predicted octanol–water partition coefficient (Wildman–Crippen LogP) is 2.96. The van der Waals surface area contributed by atoms with Gasteiger partial charge in [-0.2, -0.15) is 0 Å². The molecular formula is C17H19N3O2. The summed E-state index contributed by atoms with van der Waals surface area (Å²) >= 11 is 0. The van der Waals surface area contributed by atoms with Gasteiger partial charge in [0.05, 0.1) is 12.2 Å². The van der Waals surface area contributed by atoms with Crippen LogP contribution in [0.4, 0.5) is 16.2 Å². The maximum Gasteiger partial charge on any atom is 0.326 e. The molecule has 0 saturated carbocycles. The van der Waals surface area contributed by atoms with Gasteiger partial charge in [0.25, 0.3) is 0 Å². The SMILES string of the molecule is CC1CN(C(=O)Nc2ccccc2)c2ccc(CN)cc2O1. The van der Waals surface area contributed by atoms with E-state index in [0.717, 1.165) is 16.9 Å². The van der Waals surface area contributed by atoms with Crippen molar-refractivity contribution in [3.8, 4) is 5.75 Å². The molecule has 3 N–H and O–H groups in total. The third-order valence-corrected chi connectivity index (χ3v) is 3.59. The summed E-state index contributed by atoms with van der Waals surface area (Å²) in [5.74, 6) is 0.699. The van der Waals surface area contributed by atoms with E-state index in [1.807, 2.05) is 55.5 Å². The molecule has 2 aromatic carbocycles. The van der Waals surface area contributed by atoms with E-state index >= 15 is 0 Å². The minimum absolute atomic E-state index is 0.0675. The lowest BCUT2D eigenvalue weighted by molar-refractivity contribution is 0.208. The van der Waals surface area contributed by atoms with Crippen LogP contribution in [-0.2, 0) is 6.54 Å². The van der Waals surface area contributed by atoms with Gasteiger partial charge in [0.15, 0.2) is 0 Å². The van der Waals surface area contributed by atoms with E-state index in [4.69, 9.17) is 10.5 Å². The Morgan fingerprint density at radius 2 is 2.09 bits per heavy atom. The highest BCUT2D eigenvalue weighted by Crippen LogP contribution is 2.34. The lowest BCUT2D eigenvalue weighted by Gasteiger charge is -2.33. The van der Waals surface area contributed by atoms with Gasteiger partial charge in [-0.05, 0) is 36.8 Å². The van der Waals surface area contributed by atoms with Crippen LogP contribution in [0.1, 0.15) is 12.5 Å². The molecule has 1 atom stereocenters. The van der Waals surface area contributed by atoms with Gasteiger partial charge in [0.1, 0.15) is 11.9 Å². The Morgan fingerprint density at radius 3 is 2.82 bits per heavy atom. The number of benzene rings is 2. The van der Waals surface area contributed by atoms with Crippen LogP contribution in [0, 0.1) is 0 Å². The van der Waals surface area contributed by atoms with Crippen molar-refractivity contribution < 1.29 is 9.53 Å². The fourth-order valence-electron chi connectivity index (χ4n) is 2.52. The van der Waals surface area contributed by atoms with Crippen LogP contribution in [-0.4, -0.2) is 18.7 Å². The maximum absolute atomic E-state index is 12.6. The average Bonchev–Trinajstić information content (AvgIpc) is 2.54. The van der Waals surface area contributed by atoms with Gasteiger partial charge < -0.3 is 15.8 Å². The molecule has 2 amide bonds. The van der Waals surface area contributed by atoms with Crippen LogP contribution in [0.3, 0.4) is 0 Å². The molecule has 114 valence electrons. The summed E-state index contributed by atoms with van der Waals surface area (Å²) < 4.78 is 5.83. The molecule has 0 radical (unpaired) electrons. The lowest BCUT2D eigenvalue weighted by Crippen LogP contribution is -2.44. The van der Waals surface area contributed by atoms with Crippen molar-refractivity contribution >= 4 is 17.4 Å². The number of hydrogen-bond acceptors (Lipinski definition) is 3. The van der Waals surface area contributed by atoms with Crippen molar-refractivity contribution in [2.45, 2.75) is 19.6 Å². The fourth-order valence-corrected chi connectivity index (χ4v) is 2.52. The van der Waals surface area contributed by atoms with Crippen molar-refractivity contribution in [2.75, 3.05) is 16.8 Å². The quantitative estimate of drug-likeness (QED) is 0.895. The molecule has 0 spiro atoms. The third-order valence-electron chi connectivity index (χ3n) is 3.59. The number of rotatable bonds is 2. The topological polar surface area (TPSA) is 67.6 Å². The zero-order valence-corrected chi connectivity index (χ0v) is 12.5. The van der Waals surface area contributed by atoms with Crippen molar-refractivity contribution in [1.29, 1.82) is 0 Å². The number of nitrogens with zero attached hydrogens (tertiary/aromatic N) is 1. The Bertz CT molecular complexity index is 673. The second-order valence-corrected chi connectivity index (χ2v) is 5.34. The summed E-state index contributed by atoms with van der Waals surface area (Å²) in [7, 11) is 0. The molecule has 1 aliphatic rings. The van der Waals surface area contributed by atoms with E-state index in [1.54, 1.807) is 4.90 Å². The molecule has 0 bridgehead atoms. The van der Waals surface area contributed by atoms with Crippen LogP contribution in [0.25, 0.3) is 0 Å². The minimum Gasteiger partial charge on any atom is -0.487 e. The summed E-state index contributed by atoms with van der Waals surface area (Å²) in [6.45, 7) is 2.90. The highest BCUT2D eigenvalue weighted by Gasteiger charge is 2.27. The van der Waals surface area contributed by atoms with Crippen LogP contribution >= 0.6 is 0 Å². The van der Waals surface area contributed by atoms with Crippen molar-refractivity contribution in [2.24, 2.45) is 5.73 Å². The number of amides is 2. The Labute approximate surface area is 129 Å². The standard InChI is InChI=1S/C17H19N3O2/c1-12-11-20(17(21)19-14-5-3-2-4-6-14)15-8-7-13(10-18)9-16(15)22-12/h2-9,12H,10-11,18H2,1H3,(H,19,21). The first-order valence-electron chi connectivity index (χ1n) is 7.30. The molecule has 5 heteroatoms. The molecule has 0 saturated heterocycles. The van der Waals surface area contributed by atoms with E-state index in [-0.39, 0.29) is 12.1 Å². The number of nitrogens with one attached hydrogen (secondary N) is 1. The van der Waals surface area contributed by atoms with Gasteiger partial charge in [-0.15, -0.1) is 0 Å². The summed E-state index contributed by atoms with van der Waals surface area (Å²) in [5.41, 5.74) is 8.19. The predicted molar refractivity (Wildman–Crippen MR) is 87.2 cm³/mol. The van der Waals surface area contributed by atoms with E-state index in [2.05, 4.69) is 5.32 Å². The molecule has 1 aliphatic heterocycles. The Hall–Kier alpha value is -2.53. The number of hydrogen-bond donors (Lipinski definition) is 2. The number of urea groups is 1. The number of anilines is 2. The number of carbonyl (C=O) groups is 1. The lowest BCUT2D eigenvalue weighted by atomic mass is 10.1. The molecule has 2 aromatic rings. The van der Waals surface area contributed by atoms with Gasteiger partial charge >= 0.3 is 6.03 Å². The second kappa shape index (κ2) is 6.07. The van der Waals surface area contributed by atoms with Crippen LogP contribution in [0.15, 0.2) is 48.5 Å². The average molecular weight is 297 g/mol. The Kier molecular flexibility index (Phi) is 3.98. The molecule has 0 aromatic heterocycles. The molecule has 5 nitrogen and oxygen atoms in total. The smallest absolute Gasteiger partial charge is 0.326 e. The monoisotopic (exact) mass is 297 g/mol. The highest BCUT2D eigenvalue weighted by atomic mass is 16.5. The summed E-state index contributed by atoms with van der Waals surface area (Å²) in [6.07, 6.45) is -0.0675. The molecular weight excluding hydrogens is 278 g/mol. The largest absolute Gasteiger partial charge is 0.487 e. The van der Waals surface area contributed by atoms with E-state index in [0.29, 0.717) is 18.8 Å². The van der Waals surface area contributed by atoms with Crippen molar-refractivity contribution in [3.05, 3.63) is 54.1 Å². The van der Waals surface area contributed by atoms with Crippen molar-refractivity contribution in [3.63, 3.8) is 0 Å². The third kappa shape index (κ3) is 2.89. The first-order valence-corrected chi connectivity index (χ1v) is 7.30. The molecule has 22 heavy (non-hydrogen) atoms. The number of fused-ring (bicyclic) bond motifs is 1. The Morgan fingerprint density at radius 1 is 1.32 bits per heavy atom.